The number of aliphatic hydroxyl groups is 1. The molecule has 2 aromatic rings. The van der Waals surface area contributed by atoms with Gasteiger partial charge in [-0.3, -0.25) is 4.98 Å². The van der Waals surface area contributed by atoms with Gasteiger partial charge in [-0.2, -0.15) is 13.2 Å². The third-order valence-electron chi connectivity index (χ3n) is 2.90. The first-order valence-electron chi connectivity index (χ1n) is 5.86. The topological polar surface area (TPSA) is 42.4 Å². The summed E-state index contributed by atoms with van der Waals surface area (Å²) in [6, 6.07) is 5.06. The summed E-state index contributed by atoms with van der Waals surface area (Å²) in [6.07, 6.45) is -3.30. The number of rotatable bonds is 3. The molecule has 1 heterocycles. The molecule has 0 saturated heterocycles. The average molecular weight is 362 g/mol. The van der Waals surface area contributed by atoms with Crippen LogP contribution in [0.25, 0.3) is 0 Å². The normalized spacial score (nSPS) is 13.0. The second-order valence-corrected chi connectivity index (χ2v) is 5.21. The summed E-state index contributed by atoms with van der Waals surface area (Å²) in [5, 5.41) is 10.2. The fourth-order valence-corrected chi connectivity index (χ4v) is 2.25. The molecule has 1 N–H and O–H groups in total. The third-order valence-corrected chi connectivity index (χ3v) is 3.39. The second kappa shape index (κ2) is 6.03. The Morgan fingerprint density at radius 2 is 1.95 bits per heavy atom. The van der Waals surface area contributed by atoms with Crippen molar-refractivity contribution >= 4 is 15.9 Å². The van der Waals surface area contributed by atoms with Gasteiger partial charge in [0.05, 0.1) is 18.9 Å². The second-order valence-electron chi connectivity index (χ2n) is 4.29. The molecule has 1 atom stereocenters. The lowest BCUT2D eigenvalue weighted by atomic mass is 9.97. The summed E-state index contributed by atoms with van der Waals surface area (Å²) in [5.41, 5.74) is -0.907. The van der Waals surface area contributed by atoms with Gasteiger partial charge in [-0.05, 0) is 23.8 Å². The van der Waals surface area contributed by atoms with Crippen LogP contribution in [0.3, 0.4) is 0 Å². The van der Waals surface area contributed by atoms with Crippen LogP contribution < -0.4 is 4.74 Å². The molecule has 1 aromatic heterocycles. The average Bonchev–Trinajstić information content (AvgIpc) is 2.45. The number of hydrogen-bond acceptors (Lipinski definition) is 3. The van der Waals surface area contributed by atoms with Crippen molar-refractivity contribution in [2.24, 2.45) is 0 Å². The molecular formula is C14H11BrF3NO2. The Morgan fingerprint density at radius 3 is 2.57 bits per heavy atom. The van der Waals surface area contributed by atoms with Crippen LogP contribution in [0.4, 0.5) is 13.2 Å². The standard InChI is InChI=1S/C14H11BrF3NO2/c1-21-10-4-8(6-19-7-10)13(20)11-3-2-9(15)5-12(11)14(16,17)18/h2-7,13,20H,1H3. The van der Waals surface area contributed by atoms with E-state index < -0.39 is 17.8 Å². The van der Waals surface area contributed by atoms with Crippen molar-refractivity contribution in [2.45, 2.75) is 12.3 Å². The molecule has 112 valence electrons. The number of aliphatic hydroxyl groups excluding tert-OH is 1. The number of hydrogen-bond donors (Lipinski definition) is 1. The first-order chi connectivity index (χ1) is 9.82. The van der Waals surface area contributed by atoms with Gasteiger partial charge in [0, 0.05) is 16.2 Å². The molecule has 0 aliphatic heterocycles. The Balaban J connectivity index is 2.50. The smallest absolute Gasteiger partial charge is 0.416 e. The van der Waals surface area contributed by atoms with E-state index in [1.165, 1.54) is 37.7 Å². The molecule has 3 nitrogen and oxygen atoms in total. The van der Waals surface area contributed by atoms with E-state index in [1.807, 2.05) is 0 Å². The van der Waals surface area contributed by atoms with Crippen LogP contribution in [0.5, 0.6) is 5.75 Å². The van der Waals surface area contributed by atoms with Gasteiger partial charge in [0.1, 0.15) is 11.9 Å². The van der Waals surface area contributed by atoms with Gasteiger partial charge in [-0.15, -0.1) is 0 Å². The molecule has 21 heavy (non-hydrogen) atoms. The largest absolute Gasteiger partial charge is 0.495 e. The van der Waals surface area contributed by atoms with E-state index in [0.717, 1.165) is 6.07 Å². The number of nitrogens with zero attached hydrogens (tertiary/aromatic N) is 1. The molecule has 1 unspecified atom stereocenters. The maximum Gasteiger partial charge on any atom is 0.416 e. The summed E-state index contributed by atoms with van der Waals surface area (Å²) in [4.78, 5) is 3.84. The maximum atomic E-state index is 13.1. The predicted molar refractivity (Wildman–Crippen MR) is 74.0 cm³/mol. The van der Waals surface area contributed by atoms with Gasteiger partial charge in [-0.1, -0.05) is 22.0 Å². The number of halogens is 4. The van der Waals surface area contributed by atoms with Gasteiger partial charge >= 0.3 is 6.18 Å². The number of benzene rings is 1. The first kappa shape index (κ1) is 15.8. The number of aromatic nitrogens is 1. The van der Waals surface area contributed by atoms with Crippen molar-refractivity contribution < 1.29 is 23.0 Å². The Kier molecular flexibility index (Phi) is 4.53. The lowest BCUT2D eigenvalue weighted by Gasteiger charge is -2.18. The highest BCUT2D eigenvalue weighted by molar-refractivity contribution is 9.10. The lowest BCUT2D eigenvalue weighted by molar-refractivity contribution is -0.139. The molecule has 0 spiro atoms. The molecular weight excluding hydrogens is 351 g/mol. The molecule has 1 aromatic carbocycles. The fourth-order valence-electron chi connectivity index (χ4n) is 1.89. The van der Waals surface area contributed by atoms with E-state index in [4.69, 9.17) is 4.74 Å². The van der Waals surface area contributed by atoms with Gasteiger partial charge in [0.15, 0.2) is 0 Å². The van der Waals surface area contributed by atoms with Crippen molar-refractivity contribution in [2.75, 3.05) is 7.11 Å². The summed E-state index contributed by atoms with van der Waals surface area (Å²) < 4.78 is 44.5. The van der Waals surface area contributed by atoms with E-state index in [2.05, 4.69) is 20.9 Å². The molecule has 0 saturated carbocycles. The SMILES string of the molecule is COc1cncc(C(O)c2ccc(Br)cc2C(F)(F)F)c1. The van der Waals surface area contributed by atoms with E-state index in [0.29, 0.717) is 5.75 Å². The predicted octanol–water partition coefficient (Wildman–Crippen LogP) is 3.95. The molecule has 0 aliphatic carbocycles. The summed E-state index contributed by atoms with van der Waals surface area (Å²) >= 11 is 3.00. The zero-order valence-corrected chi connectivity index (χ0v) is 12.4. The summed E-state index contributed by atoms with van der Waals surface area (Å²) in [7, 11) is 1.41. The highest BCUT2D eigenvalue weighted by Crippen LogP contribution is 2.38. The van der Waals surface area contributed by atoms with Crippen molar-refractivity contribution in [1.82, 2.24) is 4.98 Å². The number of pyridine rings is 1. The van der Waals surface area contributed by atoms with Crippen LogP contribution in [0.2, 0.25) is 0 Å². The molecule has 0 aliphatic rings. The lowest BCUT2D eigenvalue weighted by Crippen LogP contribution is -2.13. The van der Waals surface area contributed by atoms with Crippen LogP contribution in [0.15, 0.2) is 41.1 Å². The minimum Gasteiger partial charge on any atom is -0.495 e. The molecule has 0 radical (unpaired) electrons. The Morgan fingerprint density at radius 1 is 1.24 bits per heavy atom. The van der Waals surface area contributed by atoms with Crippen LogP contribution in [-0.2, 0) is 6.18 Å². The first-order valence-corrected chi connectivity index (χ1v) is 6.66. The van der Waals surface area contributed by atoms with E-state index >= 15 is 0 Å². The monoisotopic (exact) mass is 361 g/mol. The van der Waals surface area contributed by atoms with Crippen LogP contribution in [-0.4, -0.2) is 17.2 Å². The number of ether oxygens (including phenoxy) is 1. The van der Waals surface area contributed by atoms with E-state index in [9.17, 15) is 18.3 Å². The molecule has 2 rings (SSSR count). The quantitative estimate of drug-likeness (QED) is 0.899. The molecule has 0 amide bonds. The van der Waals surface area contributed by atoms with Crippen LogP contribution in [0, 0.1) is 0 Å². The minimum atomic E-state index is -4.56. The fraction of sp³-hybridized carbons (Fsp3) is 0.214. The zero-order chi connectivity index (χ0) is 15.6. The minimum absolute atomic E-state index is 0.224. The van der Waals surface area contributed by atoms with E-state index in [-0.39, 0.29) is 15.6 Å². The third kappa shape index (κ3) is 3.54. The maximum absolute atomic E-state index is 13.1. The highest BCUT2D eigenvalue weighted by Gasteiger charge is 2.35. The zero-order valence-electron chi connectivity index (χ0n) is 10.9. The number of alkyl halides is 3. The van der Waals surface area contributed by atoms with Crippen molar-refractivity contribution in [3.8, 4) is 5.75 Å². The molecule has 0 fully saturated rings. The van der Waals surface area contributed by atoms with Crippen molar-refractivity contribution in [3.05, 3.63) is 57.8 Å². The van der Waals surface area contributed by atoms with Gasteiger partial charge in [0.25, 0.3) is 0 Å². The van der Waals surface area contributed by atoms with Crippen LogP contribution in [0.1, 0.15) is 22.8 Å². The molecule has 0 bridgehead atoms. The van der Waals surface area contributed by atoms with Crippen molar-refractivity contribution in [3.63, 3.8) is 0 Å². The van der Waals surface area contributed by atoms with Crippen LogP contribution >= 0.6 is 15.9 Å². The molecule has 7 heteroatoms. The Bertz CT molecular complexity index is 646. The summed E-state index contributed by atoms with van der Waals surface area (Å²) in [5.74, 6) is 0.359. The Hall–Kier alpha value is -1.60. The van der Waals surface area contributed by atoms with Gasteiger partial charge in [0.2, 0.25) is 0 Å². The highest BCUT2D eigenvalue weighted by atomic mass is 79.9. The van der Waals surface area contributed by atoms with Gasteiger partial charge < -0.3 is 9.84 Å². The number of methoxy groups -OCH3 is 1. The van der Waals surface area contributed by atoms with Gasteiger partial charge in [-0.25, -0.2) is 0 Å². The van der Waals surface area contributed by atoms with E-state index in [1.54, 1.807) is 0 Å². The Labute approximate surface area is 127 Å². The summed E-state index contributed by atoms with van der Waals surface area (Å²) in [6.45, 7) is 0. The van der Waals surface area contributed by atoms with Crippen molar-refractivity contribution in [1.29, 1.82) is 0 Å².